The van der Waals surface area contributed by atoms with E-state index in [1.165, 1.54) is 17.4 Å². The number of hydrogen-bond acceptors (Lipinski definition) is 4. The summed E-state index contributed by atoms with van der Waals surface area (Å²) in [7, 11) is 0. The number of alkyl halides is 3. The third-order valence-electron chi connectivity index (χ3n) is 4.88. The van der Waals surface area contributed by atoms with Crippen molar-refractivity contribution in [3.8, 4) is 10.4 Å². The Hall–Kier alpha value is -3.34. The molecule has 5 N–H and O–H groups in total. The summed E-state index contributed by atoms with van der Waals surface area (Å²) in [5.41, 5.74) is 13.0. The van der Waals surface area contributed by atoms with Crippen LogP contribution in [0.5, 0.6) is 0 Å². The van der Waals surface area contributed by atoms with Gasteiger partial charge in [0.2, 0.25) is 0 Å². The van der Waals surface area contributed by atoms with Gasteiger partial charge in [-0.25, -0.2) is 4.79 Å². The van der Waals surface area contributed by atoms with E-state index in [2.05, 4.69) is 10.4 Å². The second kappa shape index (κ2) is 7.17. The first-order valence-corrected chi connectivity index (χ1v) is 9.70. The first kappa shape index (κ1) is 20.0. The molecule has 1 aromatic carbocycles. The zero-order valence-electron chi connectivity index (χ0n) is 15.4. The molecule has 2 heterocycles. The van der Waals surface area contributed by atoms with Crippen LogP contribution in [0, 0.1) is 0 Å². The molecule has 11 heteroatoms. The zero-order valence-corrected chi connectivity index (χ0v) is 16.2. The minimum Gasteiger partial charge on any atom is -0.365 e. The normalized spacial score (nSPS) is 12.9. The first-order chi connectivity index (χ1) is 14.1. The average molecular weight is 435 g/mol. The summed E-state index contributed by atoms with van der Waals surface area (Å²) < 4.78 is 40.6. The first-order valence-electron chi connectivity index (χ1n) is 8.88. The molecule has 0 radical (unpaired) electrons. The number of thiophene rings is 1. The van der Waals surface area contributed by atoms with Gasteiger partial charge < -0.3 is 11.5 Å². The molecule has 30 heavy (non-hydrogen) atoms. The van der Waals surface area contributed by atoms with E-state index in [0.29, 0.717) is 24.0 Å². The molecule has 7 nitrogen and oxygen atoms in total. The molecule has 3 aromatic rings. The summed E-state index contributed by atoms with van der Waals surface area (Å²) in [4.78, 5) is 23.9. The van der Waals surface area contributed by atoms with Gasteiger partial charge >= 0.3 is 12.2 Å². The molecular formula is C19H16F3N5O2S. The van der Waals surface area contributed by atoms with Crippen LogP contribution in [0.4, 0.5) is 23.0 Å². The number of anilines is 1. The van der Waals surface area contributed by atoms with E-state index in [1.54, 1.807) is 16.9 Å². The van der Waals surface area contributed by atoms with Crippen molar-refractivity contribution in [3.63, 3.8) is 0 Å². The maximum atomic E-state index is 13.0. The van der Waals surface area contributed by atoms with Crippen molar-refractivity contribution in [2.24, 2.45) is 11.5 Å². The minimum atomic E-state index is -4.42. The van der Waals surface area contributed by atoms with Crippen molar-refractivity contribution >= 4 is 28.3 Å². The molecule has 0 unspecified atom stereocenters. The van der Waals surface area contributed by atoms with Crippen molar-refractivity contribution in [1.82, 2.24) is 9.78 Å². The summed E-state index contributed by atoms with van der Waals surface area (Å²) in [5, 5.41) is 7.05. The van der Waals surface area contributed by atoms with Crippen molar-refractivity contribution in [2.45, 2.75) is 25.6 Å². The Morgan fingerprint density at radius 3 is 2.67 bits per heavy atom. The summed E-state index contributed by atoms with van der Waals surface area (Å²) in [6.45, 7) is 0.176. The standard InChI is InChI=1S/C19H16F3N5O2S/c20-19(21,22)10-3-1-2-9(6-10)8-27-13-5-4-11-14(16(23)28)17(26-18(24)29)30-15(11)12(13)7-25-27/h1-3,6-7H,4-5,8H2,(H2,23,28)(H3,24,26,29). The van der Waals surface area contributed by atoms with Crippen LogP contribution in [-0.2, 0) is 25.6 Å². The molecular weight excluding hydrogens is 419 g/mol. The SMILES string of the molecule is NC(=O)Nc1sc2c(c1C(N)=O)CCc1c-2cnn1Cc1cccc(C(F)(F)F)c1. The molecule has 1 aliphatic carbocycles. The largest absolute Gasteiger partial charge is 0.416 e. The lowest BCUT2D eigenvalue weighted by Gasteiger charge is -2.16. The molecule has 0 saturated carbocycles. The Labute approximate surface area is 172 Å². The highest BCUT2D eigenvalue weighted by atomic mass is 32.1. The second-order valence-corrected chi connectivity index (χ2v) is 7.85. The number of carbonyl (C=O) groups excluding carboxylic acids is 2. The quantitative estimate of drug-likeness (QED) is 0.583. The van der Waals surface area contributed by atoms with E-state index in [0.717, 1.165) is 28.3 Å². The van der Waals surface area contributed by atoms with Crippen LogP contribution in [0.15, 0.2) is 30.5 Å². The van der Waals surface area contributed by atoms with Crippen LogP contribution < -0.4 is 16.8 Å². The Kier molecular flexibility index (Phi) is 4.77. The predicted octanol–water partition coefficient (Wildman–Crippen LogP) is 3.37. The van der Waals surface area contributed by atoms with Gasteiger partial charge in [0.15, 0.2) is 0 Å². The maximum absolute atomic E-state index is 13.0. The minimum absolute atomic E-state index is 0.176. The summed E-state index contributed by atoms with van der Waals surface area (Å²) in [5.74, 6) is -0.670. The monoisotopic (exact) mass is 435 g/mol. The lowest BCUT2D eigenvalue weighted by atomic mass is 9.93. The van der Waals surface area contributed by atoms with E-state index in [4.69, 9.17) is 11.5 Å². The third-order valence-corrected chi connectivity index (χ3v) is 6.06. The van der Waals surface area contributed by atoms with Crippen molar-refractivity contribution < 1.29 is 22.8 Å². The van der Waals surface area contributed by atoms with E-state index < -0.39 is 23.7 Å². The smallest absolute Gasteiger partial charge is 0.365 e. The molecule has 0 aliphatic heterocycles. The number of amides is 3. The van der Waals surface area contributed by atoms with E-state index in [-0.39, 0.29) is 17.1 Å². The topological polar surface area (TPSA) is 116 Å². The van der Waals surface area contributed by atoms with Crippen LogP contribution >= 0.6 is 11.3 Å². The van der Waals surface area contributed by atoms with Gasteiger partial charge in [-0.1, -0.05) is 12.1 Å². The number of nitrogens with two attached hydrogens (primary N) is 2. The van der Waals surface area contributed by atoms with Crippen LogP contribution in [-0.4, -0.2) is 21.7 Å². The molecule has 1 aliphatic rings. The van der Waals surface area contributed by atoms with E-state index >= 15 is 0 Å². The Bertz CT molecular complexity index is 1170. The average Bonchev–Trinajstić information content (AvgIpc) is 3.21. The van der Waals surface area contributed by atoms with Gasteiger partial charge in [-0.3, -0.25) is 14.8 Å². The van der Waals surface area contributed by atoms with Crippen molar-refractivity contribution in [3.05, 3.63) is 58.4 Å². The number of urea groups is 1. The molecule has 3 amide bonds. The molecule has 0 atom stereocenters. The fourth-order valence-corrected chi connectivity index (χ4v) is 4.93. The van der Waals surface area contributed by atoms with Gasteiger partial charge in [-0.05, 0) is 36.1 Å². The summed E-state index contributed by atoms with van der Waals surface area (Å²) in [6, 6.07) is 4.30. The highest BCUT2D eigenvalue weighted by Crippen LogP contribution is 2.45. The molecule has 156 valence electrons. The van der Waals surface area contributed by atoms with Gasteiger partial charge in [0.05, 0.1) is 23.9 Å². The summed E-state index contributed by atoms with van der Waals surface area (Å²) in [6.07, 6.45) is -1.81. The fourth-order valence-electron chi connectivity index (χ4n) is 3.64. The number of hydrogen-bond donors (Lipinski definition) is 3. The Balaban J connectivity index is 1.71. The van der Waals surface area contributed by atoms with Gasteiger partial charge in [0.1, 0.15) is 5.00 Å². The number of primary amides is 2. The number of aromatic nitrogens is 2. The number of rotatable bonds is 4. The number of carbonyl (C=O) groups is 2. The van der Waals surface area contributed by atoms with Crippen LogP contribution in [0.1, 0.15) is 32.7 Å². The maximum Gasteiger partial charge on any atom is 0.416 e. The highest BCUT2D eigenvalue weighted by Gasteiger charge is 2.31. The molecule has 2 aromatic heterocycles. The lowest BCUT2D eigenvalue weighted by molar-refractivity contribution is -0.137. The molecule has 0 saturated heterocycles. The van der Waals surface area contributed by atoms with Crippen molar-refractivity contribution in [1.29, 1.82) is 0 Å². The Morgan fingerprint density at radius 2 is 2.00 bits per heavy atom. The number of nitrogens with one attached hydrogen (secondary N) is 1. The molecule has 0 fully saturated rings. The third kappa shape index (κ3) is 3.52. The number of nitrogens with zero attached hydrogens (tertiary/aromatic N) is 2. The molecule has 0 bridgehead atoms. The molecule has 4 rings (SSSR count). The van der Waals surface area contributed by atoms with Crippen LogP contribution in [0.3, 0.4) is 0 Å². The van der Waals surface area contributed by atoms with Crippen LogP contribution in [0.25, 0.3) is 10.4 Å². The van der Waals surface area contributed by atoms with E-state index in [1.807, 2.05) is 0 Å². The van der Waals surface area contributed by atoms with Gasteiger partial charge in [-0.2, -0.15) is 18.3 Å². The molecule has 0 spiro atoms. The summed E-state index contributed by atoms with van der Waals surface area (Å²) >= 11 is 1.17. The van der Waals surface area contributed by atoms with Gasteiger partial charge in [-0.15, -0.1) is 11.3 Å². The van der Waals surface area contributed by atoms with Gasteiger partial charge in [0.25, 0.3) is 5.91 Å². The fraction of sp³-hybridized carbons (Fsp3) is 0.211. The van der Waals surface area contributed by atoms with Crippen LogP contribution in [0.2, 0.25) is 0 Å². The van der Waals surface area contributed by atoms with E-state index in [9.17, 15) is 22.8 Å². The van der Waals surface area contributed by atoms with Crippen molar-refractivity contribution in [2.75, 3.05) is 5.32 Å². The number of fused-ring (bicyclic) bond motifs is 3. The second-order valence-electron chi connectivity index (χ2n) is 6.83. The zero-order chi connectivity index (χ0) is 21.6. The lowest BCUT2D eigenvalue weighted by Crippen LogP contribution is -2.22. The number of benzene rings is 1. The Morgan fingerprint density at radius 1 is 1.23 bits per heavy atom. The van der Waals surface area contributed by atoms with Gasteiger partial charge in [0, 0.05) is 16.1 Å². The highest BCUT2D eigenvalue weighted by molar-refractivity contribution is 7.20. The number of halogens is 3. The predicted molar refractivity (Wildman–Crippen MR) is 105 cm³/mol.